The molecule has 0 saturated heterocycles. The van der Waals surface area contributed by atoms with Crippen LogP contribution in [0.3, 0.4) is 0 Å². The van der Waals surface area contributed by atoms with E-state index in [9.17, 15) is 9.18 Å². The molecule has 144 valence electrons. The lowest BCUT2D eigenvalue weighted by Gasteiger charge is -2.29. The summed E-state index contributed by atoms with van der Waals surface area (Å²) in [5.41, 5.74) is 3.36. The van der Waals surface area contributed by atoms with E-state index in [1.54, 1.807) is 37.2 Å². The lowest BCUT2D eigenvalue weighted by molar-refractivity contribution is 0.0754. The molecule has 4 aromatic rings. The van der Waals surface area contributed by atoms with Crippen molar-refractivity contribution in [3.05, 3.63) is 107 Å². The first-order valence-corrected chi connectivity index (χ1v) is 9.34. The van der Waals surface area contributed by atoms with Crippen molar-refractivity contribution in [1.29, 1.82) is 0 Å². The van der Waals surface area contributed by atoms with Crippen molar-refractivity contribution in [3.63, 3.8) is 0 Å². The van der Waals surface area contributed by atoms with Crippen molar-refractivity contribution in [1.82, 2.24) is 14.9 Å². The number of aromatic nitrogens is 2. The first-order chi connectivity index (χ1) is 14.0. The Bertz CT molecular complexity index is 1120. The SMILES string of the molecule is Cc1cc(C(=O)N(C)C(c2ccccc2)c2ccccn2)c2ccc(F)cc2n1. The summed E-state index contributed by atoms with van der Waals surface area (Å²) in [5.74, 6) is -0.551. The van der Waals surface area contributed by atoms with Gasteiger partial charge in [-0.05, 0) is 42.8 Å². The number of nitrogens with zero attached hydrogens (tertiary/aromatic N) is 3. The number of hydrogen-bond donors (Lipinski definition) is 0. The van der Waals surface area contributed by atoms with Crippen LogP contribution < -0.4 is 0 Å². The van der Waals surface area contributed by atoms with Crippen molar-refractivity contribution in [3.8, 4) is 0 Å². The Morgan fingerprint density at radius 2 is 1.76 bits per heavy atom. The fourth-order valence-electron chi connectivity index (χ4n) is 3.58. The molecule has 0 aliphatic rings. The number of carbonyl (C=O) groups is 1. The van der Waals surface area contributed by atoms with Gasteiger partial charge in [-0.1, -0.05) is 36.4 Å². The second kappa shape index (κ2) is 7.80. The maximum absolute atomic E-state index is 13.7. The highest BCUT2D eigenvalue weighted by Gasteiger charge is 2.26. The largest absolute Gasteiger partial charge is 0.329 e. The number of benzene rings is 2. The molecule has 0 radical (unpaired) electrons. The second-order valence-corrected chi connectivity index (χ2v) is 6.96. The zero-order chi connectivity index (χ0) is 20.4. The summed E-state index contributed by atoms with van der Waals surface area (Å²) in [7, 11) is 1.76. The molecule has 4 rings (SSSR count). The zero-order valence-electron chi connectivity index (χ0n) is 16.2. The van der Waals surface area contributed by atoms with Gasteiger partial charge in [0.15, 0.2) is 0 Å². The van der Waals surface area contributed by atoms with E-state index in [4.69, 9.17) is 0 Å². The third-order valence-corrected chi connectivity index (χ3v) is 4.92. The second-order valence-electron chi connectivity index (χ2n) is 6.96. The highest BCUT2D eigenvalue weighted by atomic mass is 19.1. The van der Waals surface area contributed by atoms with Crippen LogP contribution in [-0.4, -0.2) is 27.8 Å². The van der Waals surface area contributed by atoms with Crippen LogP contribution in [0.2, 0.25) is 0 Å². The van der Waals surface area contributed by atoms with Gasteiger partial charge in [0.2, 0.25) is 0 Å². The van der Waals surface area contributed by atoms with Crippen LogP contribution in [0.15, 0.2) is 79.0 Å². The number of fused-ring (bicyclic) bond motifs is 1. The van der Waals surface area contributed by atoms with Crippen molar-refractivity contribution in [2.24, 2.45) is 0 Å². The number of hydrogen-bond acceptors (Lipinski definition) is 3. The summed E-state index contributed by atoms with van der Waals surface area (Å²) < 4.78 is 13.7. The minimum Gasteiger partial charge on any atom is -0.329 e. The highest BCUT2D eigenvalue weighted by Crippen LogP contribution is 2.29. The van der Waals surface area contributed by atoms with Crippen LogP contribution in [0.1, 0.15) is 33.4 Å². The van der Waals surface area contributed by atoms with E-state index in [1.165, 1.54) is 12.1 Å². The van der Waals surface area contributed by atoms with E-state index < -0.39 is 0 Å². The van der Waals surface area contributed by atoms with Crippen molar-refractivity contribution in [2.45, 2.75) is 13.0 Å². The summed E-state index contributed by atoms with van der Waals surface area (Å²) in [5, 5.41) is 0.627. The quantitative estimate of drug-likeness (QED) is 0.500. The topological polar surface area (TPSA) is 46.1 Å². The molecule has 2 heterocycles. The van der Waals surface area contributed by atoms with Gasteiger partial charge in [0.25, 0.3) is 5.91 Å². The summed E-state index contributed by atoms with van der Waals surface area (Å²) in [6.07, 6.45) is 1.72. The number of halogens is 1. The monoisotopic (exact) mass is 385 g/mol. The van der Waals surface area contributed by atoms with Crippen LogP contribution in [0.4, 0.5) is 4.39 Å². The molecule has 2 aromatic heterocycles. The Hall–Kier alpha value is -3.60. The molecule has 0 fully saturated rings. The van der Waals surface area contributed by atoms with Crippen LogP contribution >= 0.6 is 0 Å². The van der Waals surface area contributed by atoms with Crippen LogP contribution in [0.25, 0.3) is 10.9 Å². The molecule has 2 aromatic carbocycles. The molecule has 0 aliphatic heterocycles. The first-order valence-electron chi connectivity index (χ1n) is 9.34. The zero-order valence-corrected chi connectivity index (χ0v) is 16.2. The smallest absolute Gasteiger partial charge is 0.255 e. The van der Waals surface area contributed by atoms with E-state index in [0.717, 1.165) is 11.3 Å². The van der Waals surface area contributed by atoms with Gasteiger partial charge in [0.1, 0.15) is 5.82 Å². The molecular weight excluding hydrogens is 365 g/mol. The van der Waals surface area contributed by atoms with Gasteiger partial charge in [0, 0.05) is 30.4 Å². The van der Waals surface area contributed by atoms with Gasteiger partial charge in [-0.2, -0.15) is 0 Å². The van der Waals surface area contributed by atoms with Gasteiger partial charge in [0.05, 0.1) is 22.8 Å². The van der Waals surface area contributed by atoms with Gasteiger partial charge in [-0.15, -0.1) is 0 Å². The molecule has 0 N–H and O–H groups in total. The highest BCUT2D eigenvalue weighted by molar-refractivity contribution is 6.06. The van der Waals surface area contributed by atoms with E-state index in [0.29, 0.717) is 22.2 Å². The maximum atomic E-state index is 13.7. The fourth-order valence-corrected chi connectivity index (χ4v) is 3.58. The Morgan fingerprint density at radius 3 is 2.48 bits per heavy atom. The number of rotatable bonds is 4. The standard InChI is InChI=1S/C24H20FN3O/c1-16-14-20(19-12-11-18(25)15-22(19)27-16)24(29)28(2)23(17-8-4-3-5-9-17)21-10-6-7-13-26-21/h3-15,23H,1-2H3. The lowest BCUT2D eigenvalue weighted by Crippen LogP contribution is -2.32. The van der Waals surface area contributed by atoms with Crippen LogP contribution in [0.5, 0.6) is 0 Å². The Labute approximate surface area is 168 Å². The molecule has 0 spiro atoms. The van der Waals surface area contributed by atoms with Crippen molar-refractivity contribution >= 4 is 16.8 Å². The van der Waals surface area contributed by atoms with Crippen molar-refractivity contribution in [2.75, 3.05) is 7.05 Å². The molecular formula is C24H20FN3O. The predicted molar refractivity (Wildman–Crippen MR) is 111 cm³/mol. The number of pyridine rings is 2. The van der Waals surface area contributed by atoms with Gasteiger partial charge < -0.3 is 4.90 Å². The fraction of sp³-hybridized carbons (Fsp3) is 0.125. The van der Waals surface area contributed by atoms with E-state index in [2.05, 4.69) is 9.97 Å². The Balaban J connectivity index is 1.82. The number of aryl methyl sites for hydroxylation is 1. The normalized spacial score (nSPS) is 12.0. The minimum atomic E-state index is -0.377. The third-order valence-electron chi connectivity index (χ3n) is 4.92. The Morgan fingerprint density at radius 1 is 1.00 bits per heavy atom. The Kier molecular flexibility index (Phi) is 5.04. The number of amides is 1. The van der Waals surface area contributed by atoms with Crippen LogP contribution in [0, 0.1) is 12.7 Å². The molecule has 0 bridgehead atoms. The predicted octanol–water partition coefficient (Wildman–Crippen LogP) is 4.94. The molecule has 4 nitrogen and oxygen atoms in total. The average Bonchev–Trinajstić information content (AvgIpc) is 2.74. The summed E-state index contributed by atoms with van der Waals surface area (Å²) >= 11 is 0. The summed E-state index contributed by atoms with van der Waals surface area (Å²) in [6.45, 7) is 1.80. The van der Waals surface area contributed by atoms with E-state index >= 15 is 0 Å². The molecule has 1 atom stereocenters. The first kappa shape index (κ1) is 18.7. The molecule has 0 aliphatic carbocycles. The molecule has 5 heteroatoms. The summed E-state index contributed by atoms with van der Waals surface area (Å²) in [4.78, 5) is 24.1. The van der Waals surface area contributed by atoms with Crippen molar-refractivity contribution < 1.29 is 9.18 Å². The molecule has 1 amide bonds. The maximum Gasteiger partial charge on any atom is 0.255 e. The van der Waals surface area contributed by atoms with E-state index in [1.807, 2.05) is 48.5 Å². The number of carbonyl (C=O) groups excluding carboxylic acids is 1. The summed E-state index contributed by atoms with van der Waals surface area (Å²) in [6, 6.07) is 21.2. The molecule has 0 saturated carbocycles. The molecule has 29 heavy (non-hydrogen) atoms. The third kappa shape index (κ3) is 3.72. The molecule has 1 unspecified atom stereocenters. The van der Waals surface area contributed by atoms with Gasteiger partial charge >= 0.3 is 0 Å². The average molecular weight is 385 g/mol. The van der Waals surface area contributed by atoms with Crippen LogP contribution in [-0.2, 0) is 0 Å². The van der Waals surface area contributed by atoms with Gasteiger partial charge in [-0.3, -0.25) is 14.8 Å². The van der Waals surface area contributed by atoms with E-state index in [-0.39, 0.29) is 17.8 Å². The minimum absolute atomic E-state index is 0.174. The van der Waals surface area contributed by atoms with Gasteiger partial charge in [-0.25, -0.2) is 4.39 Å². The lowest BCUT2D eigenvalue weighted by atomic mass is 9.99.